The summed E-state index contributed by atoms with van der Waals surface area (Å²) < 4.78 is 0. The van der Waals surface area contributed by atoms with E-state index in [1.807, 2.05) is 33.8 Å². The van der Waals surface area contributed by atoms with Crippen molar-refractivity contribution in [1.29, 1.82) is 0 Å². The van der Waals surface area contributed by atoms with Gasteiger partial charge in [0.2, 0.25) is 0 Å². The number of nitro groups is 1. The zero-order valence-electron chi connectivity index (χ0n) is 13.6. The van der Waals surface area contributed by atoms with Crippen molar-refractivity contribution in [3.63, 3.8) is 0 Å². The van der Waals surface area contributed by atoms with Crippen molar-refractivity contribution < 1.29 is 10.0 Å². The largest absolute Gasteiger partial charge is 0.505 e. The van der Waals surface area contributed by atoms with Gasteiger partial charge in [0.15, 0.2) is 5.69 Å². The first-order chi connectivity index (χ1) is 10.7. The van der Waals surface area contributed by atoms with Gasteiger partial charge in [-0.05, 0) is 30.0 Å². The van der Waals surface area contributed by atoms with E-state index in [4.69, 9.17) is 0 Å². The molecule has 0 saturated carbocycles. The molecule has 0 aromatic heterocycles. The standard InChI is InChI=1S/C17H19N3O3/c1-11-9-12(17(2,3)4)16(21)14(10-11)19-18-13-7-5-6-8-15(13)20(22)23/h5-10,21H,1-4H3. The first kappa shape index (κ1) is 16.6. The molecule has 0 amide bonds. The number of hydrogen-bond acceptors (Lipinski definition) is 5. The molecule has 0 aliphatic rings. The van der Waals surface area contributed by atoms with Crippen LogP contribution in [-0.2, 0) is 5.41 Å². The second-order valence-electron chi connectivity index (χ2n) is 6.38. The van der Waals surface area contributed by atoms with Gasteiger partial charge in [0, 0.05) is 11.6 Å². The van der Waals surface area contributed by atoms with E-state index < -0.39 is 4.92 Å². The van der Waals surface area contributed by atoms with E-state index in [0.29, 0.717) is 5.69 Å². The summed E-state index contributed by atoms with van der Waals surface area (Å²) in [5.41, 5.74) is 1.76. The number of rotatable bonds is 3. The van der Waals surface area contributed by atoms with Gasteiger partial charge in [-0.1, -0.05) is 39.0 Å². The molecule has 0 atom stereocenters. The quantitative estimate of drug-likeness (QED) is 0.472. The van der Waals surface area contributed by atoms with Gasteiger partial charge >= 0.3 is 0 Å². The Morgan fingerprint density at radius 1 is 1.09 bits per heavy atom. The van der Waals surface area contributed by atoms with E-state index in [0.717, 1.165) is 11.1 Å². The average molecular weight is 313 g/mol. The highest BCUT2D eigenvalue weighted by Crippen LogP contribution is 2.39. The number of azo groups is 1. The first-order valence-corrected chi connectivity index (χ1v) is 7.19. The number of nitro benzene ring substituents is 1. The number of aryl methyl sites for hydroxylation is 1. The van der Waals surface area contributed by atoms with E-state index in [2.05, 4.69) is 10.2 Å². The fourth-order valence-electron chi connectivity index (χ4n) is 2.22. The molecule has 0 aliphatic heterocycles. The Bertz CT molecular complexity index is 777. The molecule has 120 valence electrons. The summed E-state index contributed by atoms with van der Waals surface area (Å²) in [4.78, 5) is 10.5. The molecule has 0 bridgehead atoms. The maximum Gasteiger partial charge on any atom is 0.296 e. The van der Waals surface area contributed by atoms with E-state index in [1.165, 1.54) is 12.1 Å². The van der Waals surface area contributed by atoms with Crippen LogP contribution in [0.3, 0.4) is 0 Å². The number of para-hydroxylation sites is 1. The molecule has 6 nitrogen and oxygen atoms in total. The second-order valence-corrected chi connectivity index (χ2v) is 6.38. The van der Waals surface area contributed by atoms with Crippen molar-refractivity contribution in [1.82, 2.24) is 0 Å². The fraction of sp³-hybridized carbons (Fsp3) is 0.294. The zero-order valence-corrected chi connectivity index (χ0v) is 13.6. The lowest BCUT2D eigenvalue weighted by Gasteiger charge is -2.21. The van der Waals surface area contributed by atoms with Crippen LogP contribution in [0.4, 0.5) is 17.1 Å². The number of phenolic OH excluding ortho intramolecular Hbond substituents is 1. The molecule has 2 aromatic carbocycles. The van der Waals surface area contributed by atoms with Crippen LogP contribution in [-0.4, -0.2) is 10.0 Å². The van der Waals surface area contributed by atoms with Gasteiger partial charge in [-0.2, -0.15) is 0 Å². The Hall–Kier alpha value is -2.76. The minimum atomic E-state index is -0.509. The number of benzene rings is 2. The normalized spacial score (nSPS) is 11.8. The molecule has 2 rings (SSSR count). The molecule has 0 unspecified atom stereocenters. The molecular weight excluding hydrogens is 294 g/mol. The van der Waals surface area contributed by atoms with Gasteiger partial charge in [-0.3, -0.25) is 10.1 Å². The highest BCUT2D eigenvalue weighted by molar-refractivity contribution is 5.60. The van der Waals surface area contributed by atoms with E-state index in [9.17, 15) is 15.2 Å². The van der Waals surface area contributed by atoms with Crippen LogP contribution in [0.2, 0.25) is 0 Å². The fourth-order valence-corrected chi connectivity index (χ4v) is 2.22. The van der Waals surface area contributed by atoms with Crippen molar-refractivity contribution in [2.24, 2.45) is 10.2 Å². The number of nitrogens with zero attached hydrogens (tertiary/aromatic N) is 3. The van der Waals surface area contributed by atoms with Crippen LogP contribution in [0.5, 0.6) is 5.75 Å². The van der Waals surface area contributed by atoms with E-state index in [-0.39, 0.29) is 22.5 Å². The summed E-state index contributed by atoms with van der Waals surface area (Å²) >= 11 is 0. The predicted octanol–water partition coefficient (Wildman–Crippen LogP) is 5.32. The molecule has 1 N–H and O–H groups in total. The molecule has 23 heavy (non-hydrogen) atoms. The predicted molar refractivity (Wildman–Crippen MR) is 88.8 cm³/mol. The summed E-state index contributed by atoms with van der Waals surface area (Å²) in [5.74, 6) is 0.0467. The average Bonchev–Trinajstić information content (AvgIpc) is 2.46. The number of hydrogen-bond donors (Lipinski definition) is 1. The third-order valence-electron chi connectivity index (χ3n) is 3.39. The minimum absolute atomic E-state index is 0.0467. The molecule has 0 aliphatic carbocycles. The lowest BCUT2D eigenvalue weighted by atomic mass is 9.85. The van der Waals surface area contributed by atoms with E-state index in [1.54, 1.807) is 18.2 Å². The highest BCUT2D eigenvalue weighted by Gasteiger charge is 2.21. The third kappa shape index (κ3) is 3.71. The Morgan fingerprint density at radius 3 is 2.30 bits per heavy atom. The molecule has 0 heterocycles. The molecule has 6 heteroatoms. The smallest absolute Gasteiger partial charge is 0.296 e. The monoisotopic (exact) mass is 313 g/mol. The molecule has 2 aromatic rings. The first-order valence-electron chi connectivity index (χ1n) is 7.19. The van der Waals surface area contributed by atoms with Crippen LogP contribution in [0.25, 0.3) is 0 Å². The van der Waals surface area contributed by atoms with Crippen molar-refractivity contribution in [2.75, 3.05) is 0 Å². The van der Waals surface area contributed by atoms with Gasteiger partial charge < -0.3 is 5.11 Å². The van der Waals surface area contributed by atoms with Crippen molar-refractivity contribution >= 4 is 17.1 Å². The van der Waals surface area contributed by atoms with Crippen LogP contribution >= 0.6 is 0 Å². The molecular formula is C17H19N3O3. The summed E-state index contributed by atoms with van der Waals surface area (Å²) in [6.45, 7) is 7.87. The Labute approximate surface area is 134 Å². The molecule has 0 saturated heterocycles. The molecule has 0 fully saturated rings. The maximum atomic E-state index is 11.0. The van der Waals surface area contributed by atoms with Gasteiger partial charge in [0.25, 0.3) is 5.69 Å². The summed E-state index contributed by atoms with van der Waals surface area (Å²) in [6.07, 6.45) is 0. The lowest BCUT2D eigenvalue weighted by Crippen LogP contribution is -2.11. The van der Waals surface area contributed by atoms with Gasteiger partial charge in [0.05, 0.1) is 4.92 Å². The number of phenols is 1. The molecule has 0 radical (unpaired) electrons. The van der Waals surface area contributed by atoms with E-state index >= 15 is 0 Å². The van der Waals surface area contributed by atoms with Gasteiger partial charge in [0.1, 0.15) is 11.4 Å². The van der Waals surface area contributed by atoms with Crippen LogP contribution in [0.1, 0.15) is 31.9 Å². The van der Waals surface area contributed by atoms with Crippen LogP contribution in [0.15, 0.2) is 46.6 Å². The Kier molecular flexibility index (Phi) is 4.45. The summed E-state index contributed by atoms with van der Waals surface area (Å²) in [7, 11) is 0. The maximum absolute atomic E-state index is 11.0. The van der Waals surface area contributed by atoms with Crippen molar-refractivity contribution in [3.8, 4) is 5.75 Å². The van der Waals surface area contributed by atoms with Crippen LogP contribution in [0, 0.1) is 17.0 Å². The van der Waals surface area contributed by atoms with Crippen molar-refractivity contribution in [2.45, 2.75) is 33.1 Å². The van der Waals surface area contributed by atoms with Crippen molar-refractivity contribution in [3.05, 3.63) is 57.6 Å². The minimum Gasteiger partial charge on any atom is -0.505 e. The summed E-state index contributed by atoms with van der Waals surface area (Å²) in [6, 6.07) is 9.70. The Morgan fingerprint density at radius 2 is 1.70 bits per heavy atom. The SMILES string of the molecule is Cc1cc(N=Nc2ccccc2[N+](=O)[O-])c(O)c(C(C)(C)C)c1. The van der Waals surface area contributed by atoms with Gasteiger partial charge in [-0.15, -0.1) is 10.2 Å². The van der Waals surface area contributed by atoms with Crippen LogP contribution < -0.4 is 0 Å². The third-order valence-corrected chi connectivity index (χ3v) is 3.39. The second kappa shape index (κ2) is 6.16. The zero-order chi connectivity index (χ0) is 17.2. The molecule has 0 spiro atoms. The topological polar surface area (TPSA) is 88.1 Å². The summed E-state index contributed by atoms with van der Waals surface area (Å²) in [5, 5.41) is 29.4. The van der Waals surface area contributed by atoms with Gasteiger partial charge in [-0.25, -0.2) is 0 Å². The Balaban J connectivity index is 2.49. The highest BCUT2D eigenvalue weighted by atomic mass is 16.6. The lowest BCUT2D eigenvalue weighted by molar-refractivity contribution is -0.384. The number of aromatic hydroxyl groups is 1.